The van der Waals surface area contributed by atoms with Gasteiger partial charge in [0.15, 0.2) is 5.69 Å². The van der Waals surface area contributed by atoms with Gasteiger partial charge in [0, 0.05) is 17.6 Å². The van der Waals surface area contributed by atoms with Crippen molar-refractivity contribution in [1.29, 1.82) is 0 Å². The van der Waals surface area contributed by atoms with Crippen molar-refractivity contribution in [3.63, 3.8) is 0 Å². The molecule has 2 aliphatic rings. The van der Waals surface area contributed by atoms with Crippen LogP contribution in [0.15, 0.2) is 24.5 Å². The van der Waals surface area contributed by atoms with Crippen molar-refractivity contribution in [2.75, 3.05) is 5.73 Å². The third-order valence-corrected chi connectivity index (χ3v) is 5.60. The summed E-state index contributed by atoms with van der Waals surface area (Å²) in [6, 6.07) is 5.99. The Kier molecular flexibility index (Phi) is 5.07. The topological polar surface area (TPSA) is 102 Å². The first-order valence-corrected chi connectivity index (χ1v) is 10.1. The number of nitrogens with zero attached hydrogens (tertiary/aromatic N) is 2. The summed E-state index contributed by atoms with van der Waals surface area (Å²) >= 11 is 0. The van der Waals surface area contributed by atoms with E-state index in [9.17, 15) is 9.59 Å². The van der Waals surface area contributed by atoms with E-state index >= 15 is 0 Å². The largest absolute Gasteiger partial charge is 0.383 e. The van der Waals surface area contributed by atoms with Crippen LogP contribution in [0.2, 0.25) is 0 Å². The minimum absolute atomic E-state index is 0.0855. The number of imidazole rings is 1. The minimum Gasteiger partial charge on any atom is -0.383 e. The zero-order valence-electron chi connectivity index (χ0n) is 16.2. The van der Waals surface area contributed by atoms with E-state index in [0.29, 0.717) is 11.6 Å². The fourth-order valence-electron chi connectivity index (χ4n) is 3.73. The molecule has 7 nitrogen and oxygen atoms in total. The molecule has 2 aromatic rings. The number of nitrogen functional groups attached to an aromatic ring is 1. The number of carbonyl (C=O) groups excluding carboxylic acids is 2. The van der Waals surface area contributed by atoms with Crippen LogP contribution in [0, 0.1) is 6.92 Å². The van der Waals surface area contributed by atoms with Crippen LogP contribution in [0.5, 0.6) is 0 Å². The van der Waals surface area contributed by atoms with Crippen molar-refractivity contribution >= 4 is 17.6 Å². The Hall–Kier alpha value is -2.83. The first-order valence-electron chi connectivity index (χ1n) is 10.1. The predicted octanol–water partition coefficient (Wildman–Crippen LogP) is 2.72. The quantitative estimate of drug-likeness (QED) is 0.741. The second-order valence-corrected chi connectivity index (χ2v) is 7.91. The lowest BCUT2D eigenvalue weighted by Gasteiger charge is -2.22. The number of hydrogen-bond acceptors (Lipinski definition) is 4. The first kappa shape index (κ1) is 18.5. The molecule has 4 rings (SSSR count). The monoisotopic (exact) mass is 381 g/mol. The maximum absolute atomic E-state index is 12.6. The summed E-state index contributed by atoms with van der Waals surface area (Å²) in [7, 11) is 0. The number of benzene rings is 1. The minimum atomic E-state index is -0.233. The van der Waals surface area contributed by atoms with Gasteiger partial charge in [-0.3, -0.25) is 14.2 Å². The summed E-state index contributed by atoms with van der Waals surface area (Å²) in [5, 5.41) is 6.05. The van der Waals surface area contributed by atoms with Crippen molar-refractivity contribution < 1.29 is 9.59 Å². The molecule has 148 valence electrons. The van der Waals surface area contributed by atoms with Crippen molar-refractivity contribution in [3.05, 3.63) is 41.3 Å². The Balaban J connectivity index is 1.56. The molecule has 28 heavy (non-hydrogen) atoms. The summed E-state index contributed by atoms with van der Waals surface area (Å²) in [6.07, 6.45) is 9.15. The second-order valence-electron chi connectivity index (χ2n) is 7.91. The van der Waals surface area contributed by atoms with E-state index in [-0.39, 0.29) is 29.4 Å². The number of anilines is 1. The average molecular weight is 381 g/mol. The maximum Gasteiger partial charge on any atom is 0.273 e. The third kappa shape index (κ3) is 3.88. The second kappa shape index (κ2) is 7.66. The molecule has 0 saturated heterocycles. The average Bonchev–Trinajstić information content (AvgIpc) is 3.42. The van der Waals surface area contributed by atoms with Gasteiger partial charge in [0.1, 0.15) is 12.1 Å². The third-order valence-electron chi connectivity index (χ3n) is 5.60. The van der Waals surface area contributed by atoms with E-state index in [1.54, 1.807) is 23.0 Å². The first-order chi connectivity index (χ1) is 13.5. The van der Waals surface area contributed by atoms with Crippen molar-refractivity contribution in [2.24, 2.45) is 0 Å². The van der Waals surface area contributed by atoms with Crippen LogP contribution >= 0.6 is 0 Å². The Morgan fingerprint density at radius 2 is 1.71 bits per heavy atom. The van der Waals surface area contributed by atoms with Gasteiger partial charge < -0.3 is 16.4 Å². The van der Waals surface area contributed by atoms with Crippen LogP contribution in [-0.4, -0.2) is 33.4 Å². The number of aromatic nitrogens is 2. The maximum atomic E-state index is 12.6. The molecule has 0 radical (unpaired) electrons. The van der Waals surface area contributed by atoms with Crippen LogP contribution in [0.1, 0.15) is 71.4 Å². The van der Waals surface area contributed by atoms with Gasteiger partial charge in [-0.2, -0.15) is 0 Å². The van der Waals surface area contributed by atoms with E-state index in [1.807, 2.05) is 13.0 Å². The molecule has 0 spiro atoms. The number of nitrogens with two attached hydrogens (primary N) is 1. The molecule has 7 heteroatoms. The molecular weight excluding hydrogens is 354 g/mol. The molecule has 1 aromatic carbocycles. The SMILES string of the molecule is Cc1ccc(C(=O)NC2CC2)cc1-n1cnc(C(=O)NC2CCCCC2)c1N. The predicted molar refractivity (Wildman–Crippen MR) is 108 cm³/mol. The number of hydrogen-bond donors (Lipinski definition) is 3. The highest BCUT2D eigenvalue weighted by Crippen LogP contribution is 2.24. The standard InChI is InChI=1S/C21H27N5O2/c1-13-7-8-14(20(27)24-16-9-10-16)11-17(13)26-12-23-18(19(26)22)21(28)25-15-5-3-2-4-6-15/h7-8,11-12,15-16H,2-6,9-10,22H2,1H3,(H,24,27)(H,25,28). The Morgan fingerprint density at radius 1 is 1.04 bits per heavy atom. The summed E-state index contributed by atoms with van der Waals surface area (Å²) in [5.74, 6) is -0.0303. The number of amides is 2. The molecule has 1 heterocycles. The fourth-order valence-corrected chi connectivity index (χ4v) is 3.73. The van der Waals surface area contributed by atoms with E-state index in [4.69, 9.17) is 5.73 Å². The molecule has 2 amide bonds. The van der Waals surface area contributed by atoms with Gasteiger partial charge in [-0.05, 0) is 50.3 Å². The lowest BCUT2D eigenvalue weighted by atomic mass is 9.95. The molecule has 1 aromatic heterocycles. The molecule has 0 atom stereocenters. The number of nitrogens with one attached hydrogen (secondary N) is 2. The van der Waals surface area contributed by atoms with Gasteiger partial charge in [0.25, 0.3) is 11.8 Å². The Bertz CT molecular complexity index is 894. The molecule has 0 bridgehead atoms. The lowest BCUT2D eigenvalue weighted by Crippen LogP contribution is -2.36. The van der Waals surface area contributed by atoms with Crippen LogP contribution in [-0.2, 0) is 0 Å². The van der Waals surface area contributed by atoms with Gasteiger partial charge in [0.05, 0.1) is 5.69 Å². The highest BCUT2D eigenvalue weighted by Gasteiger charge is 2.25. The number of aryl methyl sites for hydroxylation is 1. The smallest absolute Gasteiger partial charge is 0.273 e. The Morgan fingerprint density at radius 3 is 2.43 bits per heavy atom. The lowest BCUT2D eigenvalue weighted by molar-refractivity contribution is 0.0921. The van der Waals surface area contributed by atoms with Crippen LogP contribution in [0.3, 0.4) is 0 Å². The van der Waals surface area contributed by atoms with Gasteiger partial charge in [-0.25, -0.2) is 4.98 Å². The van der Waals surface area contributed by atoms with Gasteiger partial charge in [-0.1, -0.05) is 25.3 Å². The molecule has 4 N–H and O–H groups in total. The summed E-state index contributed by atoms with van der Waals surface area (Å²) in [6.45, 7) is 1.94. The van der Waals surface area contributed by atoms with Crippen molar-refractivity contribution in [3.8, 4) is 5.69 Å². The van der Waals surface area contributed by atoms with Gasteiger partial charge in [-0.15, -0.1) is 0 Å². The van der Waals surface area contributed by atoms with Crippen molar-refractivity contribution in [1.82, 2.24) is 20.2 Å². The van der Waals surface area contributed by atoms with E-state index in [0.717, 1.165) is 49.8 Å². The molecule has 2 saturated carbocycles. The highest BCUT2D eigenvalue weighted by molar-refractivity contribution is 5.97. The highest BCUT2D eigenvalue weighted by atomic mass is 16.2. The summed E-state index contributed by atoms with van der Waals surface area (Å²) in [4.78, 5) is 29.3. The zero-order valence-corrected chi connectivity index (χ0v) is 16.2. The fraction of sp³-hybridized carbons (Fsp3) is 0.476. The molecule has 0 aliphatic heterocycles. The Labute approximate surface area is 164 Å². The van der Waals surface area contributed by atoms with E-state index in [2.05, 4.69) is 15.6 Å². The molecule has 0 unspecified atom stereocenters. The van der Waals surface area contributed by atoms with Crippen molar-refractivity contribution in [2.45, 2.75) is 64.0 Å². The molecule has 2 aliphatic carbocycles. The van der Waals surface area contributed by atoms with Gasteiger partial charge in [0.2, 0.25) is 0 Å². The summed E-state index contributed by atoms with van der Waals surface area (Å²) in [5.41, 5.74) is 8.78. The normalized spacial score (nSPS) is 17.3. The molecular formula is C21H27N5O2. The number of rotatable bonds is 5. The zero-order chi connectivity index (χ0) is 19.7. The van der Waals surface area contributed by atoms with E-state index < -0.39 is 0 Å². The van der Waals surface area contributed by atoms with Crippen LogP contribution < -0.4 is 16.4 Å². The molecule has 2 fully saturated rings. The van der Waals surface area contributed by atoms with Crippen LogP contribution in [0.4, 0.5) is 5.82 Å². The summed E-state index contributed by atoms with van der Waals surface area (Å²) < 4.78 is 1.68. The van der Waals surface area contributed by atoms with Gasteiger partial charge >= 0.3 is 0 Å². The van der Waals surface area contributed by atoms with Crippen LogP contribution in [0.25, 0.3) is 5.69 Å². The van der Waals surface area contributed by atoms with E-state index in [1.165, 1.54) is 6.42 Å². The number of carbonyl (C=O) groups is 2.